The summed E-state index contributed by atoms with van der Waals surface area (Å²) in [5, 5.41) is 1.17. The molecule has 0 saturated carbocycles. The third kappa shape index (κ3) is 2.50. The molecule has 0 aliphatic rings. The van der Waals surface area contributed by atoms with Crippen LogP contribution in [-0.2, 0) is 11.2 Å². The van der Waals surface area contributed by atoms with E-state index in [1.165, 1.54) is 16.5 Å². The first kappa shape index (κ1) is 12.6. The molecule has 0 bridgehead atoms. The topological polar surface area (TPSA) is 56.0 Å². The molecule has 0 aliphatic heterocycles. The van der Waals surface area contributed by atoms with E-state index in [1.807, 2.05) is 6.92 Å². The number of benzene rings is 1. The summed E-state index contributed by atoms with van der Waals surface area (Å²) in [6.45, 7) is 6.14. The largest absolute Gasteiger partial charge is 0.370 e. The number of nitrogens with zero attached hydrogens (tertiary/aromatic N) is 1. The Morgan fingerprint density at radius 1 is 1.22 bits per heavy atom. The van der Waals surface area contributed by atoms with E-state index in [0.29, 0.717) is 12.8 Å². The van der Waals surface area contributed by atoms with Crippen LogP contribution in [0.2, 0.25) is 0 Å². The molecule has 0 unspecified atom stereocenters. The van der Waals surface area contributed by atoms with Gasteiger partial charge in [0.2, 0.25) is 5.91 Å². The van der Waals surface area contributed by atoms with Crippen LogP contribution in [0.3, 0.4) is 0 Å². The van der Waals surface area contributed by atoms with Gasteiger partial charge in [0, 0.05) is 17.5 Å². The van der Waals surface area contributed by atoms with Crippen LogP contribution >= 0.6 is 0 Å². The summed E-state index contributed by atoms with van der Waals surface area (Å²) >= 11 is 0. The molecule has 2 aromatic rings. The predicted octanol–water partition coefficient (Wildman–Crippen LogP) is 2.58. The molecule has 0 spiro atoms. The fourth-order valence-corrected chi connectivity index (χ4v) is 2.33. The Labute approximate surface area is 107 Å². The summed E-state index contributed by atoms with van der Waals surface area (Å²) in [5.74, 6) is -0.269. The lowest BCUT2D eigenvalue weighted by atomic mass is 9.99. The van der Waals surface area contributed by atoms with E-state index in [4.69, 9.17) is 5.73 Å². The second kappa shape index (κ2) is 4.77. The fraction of sp³-hybridized carbons (Fsp3) is 0.333. The molecule has 3 nitrogen and oxygen atoms in total. The highest BCUT2D eigenvalue weighted by Gasteiger charge is 2.08. The monoisotopic (exact) mass is 242 g/mol. The first-order chi connectivity index (χ1) is 8.47. The molecule has 1 aromatic heterocycles. The predicted molar refractivity (Wildman–Crippen MR) is 73.5 cm³/mol. The lowest BCUT2D eigenvalue weighted by Gasteiger charge is -2.10. The average molecular weight is 242 g/mol. The Hall–Kier alpha value is -1.90. The fourth-order valence-electron chi connectivity index (χ4n) is 2.33. The molecular weight excluding hydrogens is 224 g/mol. The van der Waals surface area contributed by atoms with Crippen LogP contribution in [0.15, 0.2) is 18.2 Å². The lowest BCUT2D eigenvalue weighted by Crippen LogP contribution is -2.11. The van der Waals surface area contributed by atoms with E-state index < -0.39 is 0 Å². The third-order valence-corrected chi connectivity index (χ3v) is 3.11. The van der Waals surface area contributed by atoms with E-state index in [2.05, 4.69) is 37.0 Å². The first-order valence-corrected chi connectivity index (χ1v) is 6.13. The van der Waals surface area contributed by atoms with E-state index in [9.17, 15) is 4.79 Å². The molecule has 1 amide bonds. The van der Waals surface area contributed by atoms with Gasteiger partial charge in [-0.25, -0.2) is 0 Å². The van der Waals surface area contributed by atoms with Crippen LogP contribution in [-0.4, -0.2) is 10.9 Å². The van der Waals surface area contributed by atoms with Gasteiger partial charge < -0.3 is 5.73 Å². The van der Waals surface area contributed by atoms with E-state index in [0.717, 1.165) is 16.8 Å². The zero-order valence-electron chi connectivity index (χ0n) is 11.1. The molecule has 18 heavy (non-hydrogen) atoms. The van der Waals surface area contributed by atoms with Crippen molar-refractivity contribution in [2.45, 2.75) is 33.6 Å². The van der Waals surface area contributed by atoms with Gasteiger partial charge in [-0.15, -0.1) is 0 Å². The Morgan fingerprint density at radius 2 is 1.94 bits per heavy atom. The maximum atomic E-state index is 10.9. The van der Waals surface area contributed by atoms with Crippen LogP contribution in [0, 0.1) is 20.8 Å². The Bertz CT molecular complexity index is 617. The Kier molecular flexibility index (Phi) is 3.32. The van der Waals surface area contributed by atoms with Crippen LogP contribution in [0.25, 0.3) is 10.9 Å². The van der Waals surface area contributed by atoms with Crippen molar-refractivity contribution >= 4 is 16.8 Å². The summed E-state index contributed by atoms with van der Waals surface area (Å²) in [6.07, 6.45) is 1.02. The minimum absolute atomic E-state index is 0.269. The zero-order chi connectivity index (χ0) is 13.3. The molecule has 2 rings (SSSR count). The molecule has 0 radical (unpaired) electrons. The van der Waals surface area contributed by atoms with Crippen molar-refractivity contribution in [3.05, 3.63) is 40.6 Å². The summed E-state index contributed by atoms with van der Waals surface area (Å²) in [7, 11) is 0. The van der Waals surface area contributed by atoms with Crippen LogP contribution < -0.4 is 5.73 Å². The number of hydrogen-bond donors (Lipinski definition) is 1. The van der Waals surface area contributed by atoms with E-state index in [1.54, 1.807) is 0 Å². The summed E-state index contributed by atoms with van der Waals surface area (Å²) < 4.78 is 0. The quantitative estimate of drug-likeness (QED) is 0.899. The number of pyridine rings is 1. The maximum Gasteiger partial charge on any atom is 0.217 e. The highest BCUT2D eigenvalue weighted by Crippen LogP contribution is 2.24. The van der Waals surface area contributed by atoms with Gasteiger partial charge >= 0.3 is 0 Å². The normalized spacial score (nSPS) is 10.8. The van der Waals surface area contributed by atoms with Crippen molar-refractivity contribution < 1.29 is 4.79 Å². The van der Waals surface area contributed by atoms with E-state index >= 15 is 0 Å². The van der Waals surface area contributed by atoms with Crippen molar-refractivity contribution in [3.8, 4) is 0 Å². The van der Waals surface area contributed by atoms with Crippen LogP contribution in [0.5, 0.6) is 0 Å². The minimum Gasteiger partial charge on any atom is -0.370 e. The summed E-state index contributed by atoms with van der Waals surface area (Å²) in [5.41, 5.74) is 10.7. The van der Waals surface area contributed by atoms with Crippen LogP contribution in [0.4, 0.5) is 0 Å². The van der Waals surface area contributed by atoms with Gasteiger partial charge in [-0.3, -0.25) is 9.78 Å². The molecule has 0 fully saturated rings. The molecule has 1 aromatic carbocycles. The molecule has 3 heteroatoms. The molecule has 0 atom stereocenters. The third-order valence-electron chi connectivity index (χ3n) is 3.11. The van der Waals surface area contributed by atoms with Gasteiger partial charge in [-0.1, -0.05) is 11.6 Å². The Balaban J connectivity index is 2.60. The van der Waals surface area contributed by atoms with Gasteiger partial charge in [-0.05, 0) is 50.5 Å². The number of rotatable bonds is 3. The average Bonchev–Trinajstić information content (AvgIpc) is 2.27. The summed E-state index contributed by atoms with van der Waals surface area (Å²) in [6, 6.07) is 6.32. The highest BCUT2D eigenvalue weighted by atomic mass is 16.1. The van der Waals surface area contributed by atoms with Crippen molar-refractivity contribution in [1.82, 2.24) is 4.98 Å². The molecule has 1 heterocycles. The number of primary amides is 1. The number of hydrogen-bond acceptors (Lipinski definition) is 2. The Morgan fingerprint density at radius 3 is 2.61 bits per heavy atom. The summed E-state index contributed by atoms with van der Waals surface area (Å²) in [4.78, 5) is 15.5. The first-order valence-electron chi connectivity index (χ1n) is 6.13. The number of nitrogens with two attached hydrogens (primary N) is 1. The van der Waals surface area contributed by atoms with Gasteiger partial charge in [0.25, 0.3) is 0 Å². The van der Waals surface area contributed by atoms with Crippen LogP contribution in [0.1, 0.15) is 28.8 Å². The second-order valence-electron chi connectivity index (χ2n) is 4.87. The molecule has 94 valence electrons. The molecule has 2 N–H and O–H groups in total. The van der Waals surface area contributed by atoms with Gasteiger partial charge in [-0.2, -0.15) is 0 Å². The maximum absolute atomic E-state index is 10.9. The van der Waals surface area contributed by atoms with E-state index in [-0.39, 0.29) is 5.91 Å². The standard InChI is InChI=1S/C15H18N2O/c1-9-6-12(4-5-14(16)18)15-13(7-9)10(2)8-11(3)17-15/h6-8H,4-5H2,1-3H3,(H2,16,18). The van der Waals surface area contributed by atoms with Crippen molar-refractivity contribution in [2.24, 2.45) is 5.73 Å². The number of fused-ring (bicyclic) bond motifs is 1. The van der Waals surface area contributed by atoms with Gasteiger partial charge in [0.1, 0.15) is 0 Å². The second-order valence-corrected chi connectivity index (χ2v) is 4.87. The SMILES string of the molecule is Cc1cc(CCC(N)=O)c2nc(C)cc(C)c2c1. The van der Waals surface area contributed by atoms with Crippen molar-refractivity contribution in [1.29, 1.82) is 0 Å². The van der Waals surface area contributed by atoms with Crippen molar-refractivity contribution in [3.63, 3.8) is 0 Å². The smallest absolute Gasteiger partial charge is 0.217 e. The molecule has 0 aliphatic carbocycles. The number of carbonyl (C=O) groups is 1. The number of carbonyl (C=O) groups excluding carboxylic acids is 1. The molecule has 0 saturated heterocycles. The van der Waals surface area contributed by atoms with Gasteiger partial charge in [0.05, 0.1) is 5.52 Å². The number of amides is 1. The van der Waals surface area contributed by atoms with Gasteiger partial charge in [0.15, 0.2) is 0 Å². The number of aromatic nitrogens is 1. The highest BCUT2D eigenvalue weighted by molar-refractivity contribution is 5.86. The van der Waals surface area contributed by atoms with Crippen molar-refractivity contribution in [2.75, 3.05) is 0 Å². The zero-order valence-corrected chi connectivity index (χ0v) is 11.1. The lowest BCUT2D eigenvalue weighted by molar-refractivity contribution is -0.117. The molecular formula is C15H18N2O. The number of aryl methyl sites for hydroxylation is 4. The minimum atomic E-state index is -0.269.